The summed E-state index contributed by atoms with van der Waals surface area (Å²) in [5.74, 6) is -0.793. The average Bonchev–Trinajstić information content (AvgIpc) is 2.45. The van der Waals surface area contributed by atoms with Crippen LogP contribution in [0.1, 0.15) is 25.5 Å². The molecule has 0 aliphatic heterocycles. The minimum absolute atomic E-state index is 0.150. The van der Waals surface area contributed by atoms with Crippen LogP contribution in [-0.4, -0.2) is 36.5 Å². The number of amides is 1. The fourth-order valence-corrected chi connectivity index (χ4v) is 1.67. The van der Waals surface area contributed by atoms with E-state index < -0.39 is 24.2 Å². The minimum atomic E-state index is -1.50. The normalized spacial score (nSPS) is 13.2. The Kier molecular flexibility index (Phi) is 6.52. The number of hydrogen-bond acceptors (Lipinski definition) is 5. The molecule has 6 heteroatoms. The summed E-state index contributed by atoms with van der Waals surface area (Å²) < 4.78 is 9.54. The first-order valence-electron chi connectivity index (χ1n) is 6.43. The Morgan fingerprint density at radius 2 is 1.75 bits per heavy atom. The van der Waals surface area contributed by atoms with Crippen LogP contribution in [-0.2, 0) is 14.3 Å². The third kappa shape index (κ3) is 4.55. The molecule has 0 aromatic heterocycles. The largest absolute Gasteiger partial charge is 0.464 e. The van der Waals surface area contributed by atoms with E-state index in [9.17, 15) is 14.7 Å². The van der Waals surface area contributed by atoms with E-state index >= 15 is 0 Å². The minimum Gasteiger partial charge on any atom is -0.464 e. The van der Waals surface area contributed by atoms with Crippen LogP contribution >= 0.6 is 0 Å². The average molecular weight is 281 g/mol. The smallest absolute Gasteiger partial charge is 0.407 e. The molecule has 0 radical (unpaired) electrons. The Labute approximate surface area is 117 Å². The van der Waals surface area contributed by atoms with Crippen molar-refractivity contribution in [3.63, 3.8) is 0 Å². The molecule has 0 unspecified atom stereocenters. The number of carbonyl (C=O) groups is 2. The second kappa shape index (κ2) is 8.16. The summed E-state index contributed by atoms with van der Waals surface area (Å²) in [7, 11) is 0. The van der Waals surface area contributed by atoms with Crippen LogP contribution in [0, 0.1) is 0 Å². The molecule has 1 amide bonds. The maximum atomic E-state index is 11.6. The van der Waals surface area contributed by atoms with Gasteiger partial charge in [0.25, 0.3) is 0 Å². The first-order chi connectivity index (χ1) is 9.60. The van der Waals surface area contributed by atoms with Crippen molar-refractivity contribution < 1.29 is 24.2 Å². The molecule has 1 aromatic rings. The summed E-state index contributed by atoms with van der Waals surface area (Å²) in [5, 5.41) is 12.5. The molecule has 110 valence electrons. The molecule has 0 bridgehead atoms. The van der Waals surface area contributed by atoms with Gasteiger partial charge in [-0.2, -0.15) is 0 Å². The van der Waals surface area contributed by atoms with Crippen LogP contribution in [0.4, 0.5) is 4.79 Å². The van der Waals surface area contributed by atoms with E-state index in [1.54, 1.807) is 44.2 Å². The van der Waals surface area contributed by atoms with Gasteiger partial charge in [-0.15, -0.1) is 0 Å². The lowest BCUT2D eigenvalue weighted by Crippen LogP contribution is -2.41. The lowest BCUT2D eigenvalue weighted by molar-refractivity contribution is -0.154. The molecule has 6 nitrogen and oxygen atoms in total. The number of aliphatic hydroxyl groups excluding tert-OH is 1. The van der Waals surface area contributed by atoms with Crippen molar-refractivity contribution in [3.05, 3.63) is 35.9 Å². The molecule has 0 heterocycles. The highest BCUT2D eigenvalue weighted by Crippen LogP contribution is 2.18. The Balaban J connectivity index is 2.89. The fourth-order valence-electron chi connectivity index (χ4n) is 1.67. The molecule has 20 heavy (non-hydrogen) atoms. The number of hydrogen-bond donors (Lipinski definition) is 2. The first-order valence-corrected chi connectivity index (χ1v) is 6.43. The monoisotopic (exact) mass is 281 g/mol. The van der Waals surface area contributed by atoms with Crippen molar-refractivity contribution in [1.29, 1.82) is 0 Å². The molecule has 0 aliphatic rings. The van der Waals surface area contributed by atoms with Gasteiger partial charge in [-0.05, 0) is 19.4 Å². The Bertz CT molecular complexity index is 434. The zero-order chi connectivity index (χ0) is 15.0. The molecule has 0 saturated carbocycles. The molecule has 0 saturated heterocycles. The maximum absolute atomic E-state index is 11.6. The quantitative estimate of drug-likeness (QED) is 0.770. The number of benzene rings is 1. The van der Waals surface area contributed by atoms with Crippen molar-refractivity contribution >= 4 is 12.1 Å². The van der Waals surface area contributed by atoms with E-state index in [1.807, 2.05) is 0 Å². The molecule has 1 rings (SSSR count). The van der Waals surface area contributed by atoms with Gasteiger partial charge in [0.2, 0.25) is 0 Å². The molecule has 0 aliphatic carbocycles. The highest BCUT2D eigenvalue weighted by atomic mass is 16.6. The van der Waals surface area contributed by atoms with Gasteiger partial charge in [-0.1, -0.05) is 30.3 Å². The fraction of sp³-hybridized carbons (Fsp3) is 0.429. The summed E-state index contributed by atoms with van der Waals surface area (Å²) in [5.41, 5.74) is 0.584. The van der Waals surface area contributed by atoms with Gasteiger partial charge in [0.1, 0.15) is 0 Å². The second-order valence-corrected chi connectivity index (χ2v) is 3.95. The SMILES string of the molecule is CCOC(=O)N[C@@H](c1ccccc1)[C@@H](O)C(=O)OCC. The van der Waals surface area contributed by atoms with Gasteiger partial charge in [-0.25, -0.2) is 9.59 Å². The number of rotatable bonds is 6. The van der Waals surface area contributed by atoms with Crippen molar-refractivity contribution in [3.8, 4) is 0 Å². The van der Waals surface area contributed by atoms with Crippen LogP contribution in [0.2, 0.25) is 0 Å². The predicted octanol–water partition coefficient (Wildman–Crippen LogP) is 1.40. The van der Waals surface area contributed by atoms with Crippen LogP contribution in [0.25, 0.3) is 0 Å². The summed E-state index contributed by atoms with van der Waals surface area (Å²) in [6, 6.07) is 7.75. The molecule has 1 aromatic carbocycles. The van der Waals surface area contributed by atoms with Gasteiger partial charge < -0.3 is 19.9 Å². The lowest BCUT2D eigenvalue weighted by Gasteiger charge is -2.22. The lowest BCUT2D eigenvalue weighted by atomic mass is 10.0. The van der Waals surface area contributed by atoms with Gasteiger partial charge in [0, 0.05) is 0 Å². The zero-order valence-corrected chi connectivity index (χ0v) is 11.5. The van der Waals surface area contributed by atoms with Gasteiger partial charge in [0.15, 0.2) is 6.10 Å². The number of aliphatic hydroxyl groups is 1. The van der Waals surface area contributed by atoms with Gasteiger partial charge in [0.05, 0.1) is 19.3 Å². The van der Waals surface area contributed by atoms with E-state index in [1.165, 1.54) is 0 Å². The second-order valence-electron chi connectivity index (χ2n) is 3.95. The third-order valence-electron chi connectivity index (χ3n) is 2.55. The summed E-state index contributed by atoms with van der Waals surface area (Å²) in [6.07, 6.45) is -2.20. The Morgan fingerprint density at radius 3 is 2.30 bits per heavy atom. The number of esters is 1. The number of alkyl carbamates (subject to hydrolysis) is 1. The van der Waals surface area contributed by atoms with E-state index in [0.29, 0.717) is 5.56 Å². The Hall–Kier alpha value is -2.08. The van der Waals surface area contributed by atoms with Gasteiger partial charge in [-0.3, -0.25) is 0 Å². The van der Waals surface area contributed by atoms with Crippen molar-refractivity contribution in [2.75, 3.05) is 13.2 Å². The number of carbonyl (C=O) groups excluding carboxylic acids is 2. The standard InChI is InChI=1S/C14H19NO5/c1-3-19-13(17)12(16)11(15-14(18)20-4-2)10-8-6-5-7-9-10/h5-9,11-12,16H,3-4H2,1-2H3,(H,15,18)/t11-,12+/m0/s1. The van der Waals surface area contributed by atoms with Crippen LogP contribution in [0.5, 0.6) is 0 Å². The third-order valence-corrected chi connectivity index (χ3v) is 2.55. The first kappa shape index (κ1) is 16.0. The molecule has 0 fully saturated rings. The summed E-state index contributed by atoms with van der Waals surface area (Å²) in [6.45, 7) is 3.65. The molecule has 2 atom stereocenters. The van der Waals surface area contributed by atoms with E-state index in [2.05, 4.69) is 5.32 Å². The number of nitrogens with one attached hydrogen (secondary N) is 1. The van der Waals surface area contributed by atoms with E-state index in [4.69, 9.17) is 9.47 Å². The molecular weight excluding hydrogens is 262 g/mol. The highest BCUT2D eigenvalue weighted by molar-refractivity contribution is 5.77. The zero-order valence-electron chi connectivity index (χ0n) is 11.5. The van der Waals surface area contributed by atoms with Crippen LogP contribution < -0.4 is 5.32 Å². The molecular formula is C14H19NO5. The maximum Gasteiger partial charge on any atom is 0.407 e. The molecule has 0 spiro atoms. The van der Waals surface area contributed by atoms with Crippen LogP contribution in [0.3, 0.4) is 0 Å². The molecule has 2 N–H and O–H groups in total. The van der Waals surface area contributed by atoms with Crippen molar-refractivity contribution in [2.24, 2.45) is 0 Å². The number of ether oxygens (including phenoxy) is 2. The Morgan fingerprint density at radius 1 is 1.15 bits per heavy atom. The van der Waals surface area contributed by atoms with E-state index in [0.717, 1.165) is 0 Å². The van der Waals surface area contributed by atoms with Gasteiger partial charge >= 0.3 is 12.1 Å². The van der Waals surface area contributed by atoms with Crippen molar-refractivity contribution in [2.45, 2.75) is 26.0 Å². The van der Waals surface area contributed by atoms with Crippen LogP contribution in [0.15, 0.2) is 30.3 Å². The predicted molar refractivity (Wildman–Crippen MR) is 72.0 cm³/mol. The topological polar surface area (TPSA) is 84.9 Å². The van der Waals surface area contributed by atoms with Crippen molar-refractivity contribution in [1.82, 2.24) is 5.32 Å². The summed E-state index contributed by atoms with van der Waals surface area (Å²) >= 11 is 0. The highest BCUT2D eigenvalue weighted by Gasteiger charge is 2.30. The summed E-state index contributed by atoms with van der Waals surface area (Å²) in [4.78, 5) is 23.1. The van der Waals surface area contributed by atoms with E-state index in [-0.39, 0.29) is 13.2 Å².